The number of pyridine rings is 1. The molecular formula is C14H18N4O3. The van der Waals surface area contributed by atoms with Crippen molar-refractivity contribution in [2.75, 3.05) is 24.6 Å². The second-order valence-electron chi connectivity index (χ2n) is 5.86. The predicted molar refractivity (Wildman–Crippen MR) is 77.7 cm³/mol. The molecule has 0 aromatic carbocycles. The number of aromatic nitrogens is 3. The second-order valence-corrected chi connectivity index (χ2v) is 5.86. The lowest BCUT2D eigenvalue weighted by molar-refractivity contribution is -0.0276. The number of ether oxygens (including phenoxy) is 1. The van der Waals surface area contributed by atoms with Crippen LogP contribution in [0.25, 0.3) is 11.0 Å². The van der Waals surface area contributed by atoms with E-state index < -0.39 is 5.97 Å². The van der Waals surface area contributed by atoms with E-state index in [1.165, 1.54) is 6.20 Å². The van der Waals surface area contributed by atoms with Gasteiger partial charge in [0.25, 0.3) is 0 Å². The van der Waals surface area contributed by atoms with Gasteiger partial charge in [-0.15, -0.1) is 0 Å². The lowest BCUT2D eigenvalue weighted by atomic mass is 10.0. The van der Waals surface area contributed by atoms with Gasteiger partial charge in [-0.2, -0.15) is 5.10 Å². The molecule has 1 aliphatic heterocycles. The lowest BCUT2D eigenvalue weighted by Gasteiger charge is -2.40. The Hall–Kier alpha value is -2.15. The standard InChI is InChI=1S/C14H18N4O3/c1-14(2)8-18(4-5-21-14)11-9-7-16-17(3)12(9)15-6-10(11)13(19)20/h6-7H,4-5,8H2,1-3H3,(H,19,20). The Morgan fingerprint density at radius 1 is 1.43 bits per heavy atom. The van der Waals surface area contributed by atoms with Crippen LogP contribution < -0.4 is 4.90 Å². The Labute approximate surface area is 122 Å². The lowest BCUT2D eigenvalue weighted by Crippen LogP contribution is -2.48. The summed E-state index contributed by atoms with van der Waals surface area (Å²) in [6.45, 7) is 5.84. The first-order valence-electron chi connectivity index (χ1n) is 6.82. The van der Waals surface area contributed by atoms with Crippen molar-refractivity contribution >= 4 is 22.7 Å². The Morgan fingerprint density at radius 3 is 2.86 bits per heavy atom. The summed E-state index contributed by atoms with van der Waals surface area (Å²) in [5.41, 5.74) is 1.25. The SMILES string of the molecule is Cn1ncc2c(N3CCOC(C)(C)C3)c(C(=O)O)cnc21. The van der Waals surface area contributed by atoms with Gasteiger partial charge in [0.2, 0.25) is 0 Å². The number of hydrogen-bond donors (Lipinski definition) is 1. The molecule has 0 spiro atoms. The van der Waals surface area contributed by atoms with E-state index in [9.17, 15) is 9.90 Å². The Balaban J connectivity index is 2.18. The van der Waals surface area contributed by atoms with Gasteiger partial charge >= 0.3 is 5.97 Å². The van der Waals surface area contributed by atoms with Crippen molar-refractivity contribution in [1.29, 1.82) is 0 Å². The van der Waals surface area contributed by atoms with Crippen molar-refractivity contribution in [3.63, 3.8) is 0 Å². The van der Waals surface area contributed by atoms with E-state index >= 15 is 0 Å². The van der Waals surface area contributed by atoms with Crippen LogP contribution in [0.4, 0.5) is 5.69 Å². The van der Waals surface area contributed by atoms with Crippen molar-refractivity contribution in [3.05, 3.63) is 18.0 Å². The minimum Gasteiger partial charge on any atom is -0.478 e. The maximum atomic E-state index is 11.6. The molecule has 2 aromatic heterocycles. The fraction of sp³-hybridized carbons (Fsp3) is 0.500. The molecule has 112 valence electrons. The van der Waals surface area contributed by atoms with Gasteiger partial charge < -0.3 is 14.7 Å². The van der Waals surface area contributed by atoms with Crippen LogP contribution in [-0.2, 0) is 11.8 Å². The van der Waals surface area contributed by atoms with Crippen molar-refractivity contribution in [2.24, 2.45) is 7.05 Å². The fourth-order valence-electron chi connectivity index (χ4n) is 2.79. The third-order valence-corrected chi connectivity index (χ3v) is 3.71. The zero-order valence-electron chi connectivity index (χ0n) is 12.3. The van der Waals surface area contributed by atoms with Crippen molar-refractivity contribution in [1.82, 2.24) is 14.8 Å². The first-order chi connectivity index (χ1) is 9.89. The first kappa shape index (κ1) is 13.8. The van der Waals surface area contributed by atoms with Crippen LogP contribution in [-0.4, -0.2) is 51.1 Å². The van der Waals surface area contributed by atoms with Crippen LogP contribution in [0.15, 0.2) is 12.4 Å². The second kappa shape index (κ2) is 4.70. The molecule has 1 aliphatic rings. The van der Waals surface area contributed by atoms with Gasteiger partial charge in [-0.25, -0.2) is 9.78 Å². The molecule has 0 saturated carbocycles. The molecule has 2 aromatic rings. The Morgan fingerprint density at radius 2 is 2.19 bits per heavy atom. The summed E-state index contributed by atoms with van der Waals surface area (Å²) in [6, 6.07) is 0. The van der Waals surface area contributed by atoms with Gasteiger partial charge in [0.05, 0.1) is 29.5 Å². The molecule has 1 N–H and O–H groups in total. The highest BCUT2D eigenvalue weighted by Crippen LogP contribution is 2.32. The molecule has 1 fully saturated rings. The molecule has 3 rings (SSSR count). The van der Waals surface area contributed by atoms with E-state index in [0.717, 1.165) is 5.39 Å². The molecule has 0 aliphatic carbocycles. The number of carboxylic acids is 1. The average molecular weight is 290 g/mol. The van der Waals surface area contributed by atoms with E-state index in [1.54, 1.807) is 17.9 Å². The molecule has 7 heteroatoms. The third-order valence-electron chi connectivity index (χ3n) is 3.71. The van der Waals surface area contributed by atoms with E-state index in [4.69, 9.17) is 4.74 Å². The van der Waals surface area contributed by atoms with Gasteiger partial charge in [0, 0.05) is 26.3 Å². The maximum Gasteiger partial charge on any atom is 0.339 e. The number of aromatic carboxylic acids is 1. The Bertz CT molecular complexity index is 708. The summed E-state index contributed by atoms with van der Waals surface area (Å²) in [5.74, 6) is -0.979. The van der Waals surface area contributed by atoms with Crippen molar-refractivity contribution < 1.29 is 14.6 Å². The smallest absolute Gasteiger partial charge is 0.339 e. The van der Waals surface area contributed by atoms with Crippen molar-refractivity contribution in [2.45, 2.75) is 19.4 Å². The zero-order valence-corrected chi connectivity index (χ0v) is 12.3. The number of hydrogen-bond acceptors (Lipinski definition) is 5. The molecule has 21 heavy (non-hydrogen) atoms. The number of anilines is 1. The number of nitrogens with zero attached hydrogens (tertiary/aromatic N) is 4. The highest BCUT2D eigenvalue weighted by atomic mass is 16.5. The van der Waals surface area contributed by atoms with Crippen LogP contribution in [0, 0.1) is 0 Å². The molecule has 0 radical (unpaired) electrons. The van der Waals surface area contributed by atoms with Gasteiger partial charge in [-0.05, 0) is 13.8 Å². The molecule has 0 unspecified atom stereocenters. The van der Waals surface area contributed by atoms with Gasteiger partial charge in [0.1, 0.15) is 5.56 Å². The molecule has 3 heterocycles. The van der Waals surface area contributed by atoms with E-state index in [2.05, 4.69) is 15.0 Å². The van der Waals surface area contributed by atoms with Crippen LogP contribution in [0.2, 0.25) is 0 Å². The quantitative estimate of drug-likeness (QED) is 0.897. The van der Waals surface area contributed by atoms with E-state index in [0.29, 0.717) is 31.0 Å². The van der Waals surface area contributed by atoms with Gasteiger partial charge in [-0.3, -0.25) is 4.68 Å². The monoisotopic (exact) mass is 290 g/mol. The highest BCUT2D eigenvalue weighted by Gasteiger charge is 2.31. The first-order valence-corrected chi connectivity index (χ1v) is 6.82. The number of morpholine rings is 1. The maximum absolute atomic E-state index is 11.6. The average Bonchev–Trinajstić information content (AvgIpc) is 2.78. The summed E-state index contributed by atoms with van der Waals surface area (Å²) in [7, 11) is 1.79. The van der Waals surface area contributed by atoms with Gasteiger partial charge in [0.15, 0.2) is 5.65 Å². The number of carboxylic acid groups (broad SMARTS) is 1. The third kappa shape index (κ3) is 2.33. The zero-order chi connectivity index (χ0) is 15.2. The highest BCUT2D eigenvalue weighted by molar-refractivity contribution is 6.03. The Kier molecular flexibility index (Phi) is 3.09. The summed E-state index contributed by atoms with van der Waals surface area (Å²) >= 11 is 0. The topological polar surface area (TPSA) is 80.5 Å². The number of aryl methyl sites for hydroxylation is 1. The summed E-state index contributed by atoms with van der Waals surface area (Å²) in [6.07, 6.45) is 3.08. The summed E-state index contributed by atoms with van der Waals surface area (Å²) < 4.78 is 7.36. The van der Waals surface area contributed by atoms with Crippen LogP contribution in [0.1, 0.15) is 24.2 Å². The molecule has 7 nitrogen and oxygen atoms in total. The largest absolute Gasteiger partial charge is 0.478 e. The number of fused-ring (bicyclic) bond motifs is 1. The van der Waals surface area contributed by atoms with Gasteiger partial charge in [-0.1, -0.05) is 0 Å². The fourth-order valence-corrected chi connectivity index (χ4v) is 2.79. The molecule has 1 saturated heterocycles. The minimum absolute atomic E-state index is 0.202. The normalized spacial score (nSPS) is 18.1. The molecule has 0 bridgehead atoms. The predicted octanol–water partition coefficient (Wildman–Crippen LogP) is 1.28. The van der Waals surface area contributed by atoms with E-state index in [-0.39, 0.29) is 11.2 Å². The summed E-state index contributed by atoms with van der Waals surface area (Å²) in [5, 5.41) is 14.4. The van der Waals surface area contributed by atoms with E-state index in [1.807, 2.05) is 13.8 Å². The van der Waals surface area contributed by atoms with Crippen LogP contribution >= 0.6 is 0 Å². The van der Waals surface area contributed by atoms with Crippen LogP contribution in [0.5, 0.6) is 0 Å². The minimum atomic E-state index is -0.979. The van der Waals surface area contributed by atoms with Crippen LogP contribution in [0.3, 0.4) is 0 Å². The molecule has 0 amide bonds. The number of rotatable bonds is 2. The molecule has 0 atom stereocenters. The number of carbonyl (C=O) groups is 1. The van der Waals surface area contributed by atoms with Crippen molar-refractivity contribution in [3.8, 4) is 0 Å². The molecular weight excluding hydrogens is 272 g/mol. The summed E-state index contributed by atoms with van der Waals surface area (Å²) in [4.78, 5) is 17.8.